The van der Waals surface area contributed by atoms with Crippen LogP contribution in [0, 0.1) is 5.92 Å². The molecule has 0 aromatic heterocycles. The fourth-order valence-electron chi connectivity index (χ4n) is 2.12. The van der Waals surface area contributed by atoms with E-state index in [0.29, 0.717) is 29.2 Å². The van der Waals surface area contributed by atoms with E-state index in [1.807, 2.05) is 12.1 Å². The summed E-state index contributed by atoms with van der Waals surface area (Å²) in [5.41, 5.74) is 0.982. The van der Waals surface area contributed by atoms with Crippen LogP contribution in [0.25, 0.3) is 0 Å². The maximum Gasteiger partial charge on any atom is 0.203 e. The summed E-state index contributed by atoms with van der Waals surface area (Å²) < 4.78 is 16.0. The molecule has 0 bridgehead atoms. The number of rotatable bonds is 7. The molecule has 0 aliphatic heterocycles. The Labute approximate surface area is 116 Å². The van der Waals surface area contributed by atoms with Gasteiger partial charge >= 0.3 is 0 Å². The molecule has 0 heterocycles. The summed E-state index contributed by atoms with van der Waals surface area (Å²) in [7, 11) is 4.86. The highest BCUT2D eigenvalue weighted by Crippen LogP contribution is 2.40. The molecule has 1 aromatic carbocycles. The molecule has 19 heavy (non-hydrogen) atoms. The predicted molar refractivity (Wildman–Crippen MR) is 78.6 cm³/mol. The Hall–Kier alpha value is -1.58. The molecule has 0 saturated heterocycles. The van der Waals surface area contributed by atoms with Crippen molar-refractivity contribution in [3.05, 3.63) is 12.1 Å². The summed E-state index contributed by atoms with van der Waals surface area (Å²) in [4.78, 5) is 0. The molecule has 0 saturated carbocycles. The Morgan fingerprint density at radius 1 is 1.00 bits per heavy atom. The van der Waals surface area contributed by atoms with Crippen molar-refractivity contribution in [3.8, 4) is 17.2 Å². The smallest absolute Gasteiger partial charge is 0.203 e. The summed E-state index contributed by atoms with van der Waals surface area (Å²) in [5, 5.41) is 3.51. The zero-order valence-electron chi connectivity index (χ0n) is 12.7. The molecule has 0 amide bonds. The largest absolute Gasteiger partial charge is 0.493 e. The quantitative estimate of drug-likeness (QED) is 0.820. The average Bonchev–Trinajstić information content (AvgIpc) is 2.42. The summed E-state index contributed by atoms with van der Waals surface area (Å²) >= 11 is 0. The molecule has 0 fully saturated rings. The third-order valence-electron chi connectivity index (χ3n) is 3.26. The zero-order valence-corrected chi connectivity index (χ0v) is 12.7. The van der Waals surface area contributed by atoms with Gasteiger partial charge in [0.2, 0.25) is 5.75 Å². The van der Waals surface area contributed by atoms with Gasteiger partial charge in [0.05, 0.1) is 21.3 Å². The standard InChI is InChI=1S/C15H25NO3/c1-7-12(10(2)3)16-11-8-13(17-4)15(19-6)14(9-11)18-5/h8-10,12,16H,7H2,1-6H3. The van der Waals surface area contributed by atoms with Crippen LogP contribution in [0.4, 0.5) is 5.69 Å². The second-order valence-electron chi connectivity index (χ2n) is 4.82. The maximum absolute atomic E-state index is 5.35. The van der Waals surface area contributed by atoms with Gasteiger partial charge in [0.1, 0.15) is 0 Å². The van der Waals surface area contributed by atoms with Gasteiger partial charge in [-0.25, -0.2) is 0 Å². The Kier molecular flexibility index (Phi) is 5.80. The first-order chi connectivity index (χ1) is 9.07. The van der Waals surface area contributed by atoms with Crippen LogP contribution < -0.4 is 19.5 Å². The molecule has 4 nitrogen and oxygen atoms in total. The van der Waals surface area contributed by atoms with Crippen molar-refractivity contribution in [3.63, 3.8) is 0 Å². The van der Waals surface area contributed by atoms with Crippen LogP contribution in [0.2, 0.25) is 0 Å². The summed E-state index contributed by atoms with van der Waals surface area (Å²) in [6.07, 6.45) is 1.06. The lowest BCUT2D eigenvalue weighted by molar-refractivity contribution is 0.324. The topological polar surface area (TPSA) is 39.7 Å². The molecular formula is C15H25NO3. The van der Waals surface area contributed by atoms with Crippen molar-refractivity contribution in [2.45, 2.75) is 33.2 Å². The van der Waals surface area contributed by atoms with E-state index in [1.165, 1.54) is 0 Å². The summed E-state index contributed by atoms with van der Waals surface area (Å²) in [6.45, 7) is 6.59. The van der Waals surface area contributed by atoms with Gasteiger partial charge in [-0.05, 0) is 12.3 Å². The highest BCUT2D eigenvalue weighted by Gasteiger charge is 2.16. The van der Waals surface area contributed by atoms with Gasteiger partial charge in [0.25, 0.3) is 0 Å². The average molecular weight is 267 g/mol. The first-order valence-electron chi connectivity index (χ1n) is 6.63. The van der Waals surface area contributed by atoms with E-state index in [4.69, 9.17) is 14.2 Å². The molecular weight excluding hydrogens is 242 g/mol. The first-order valence-corrected chi connectivity index (χ1v) is 6.63. The van der Waals surface area contributed by atoms with Crippen LogP contribution in [0.1, 0.15) is 27.2 Å². The molecule has 0 radical (unpaired) electrons. The first kappa shape index (κ1) is 15.5. The van der Waals surface area contributed by atoms with E-state index in [2.05, 4.69) is 26.1 Å². The Bertz CT molecular complexity index is 379. The predicted octanol–water partition coefficient (Wildman–Crippen LogP) is 3.56. The van der Waals surface area contributed by atoms with E-state index in [-0.39, 0.29) is 0 Å². The van der Waals surface area contributed by atoms with E-state index in [0.717, 1.165) is 12.1 Å². The van der Waals surface area contributed by atoms with E-state index in [1.54, 1.807) is 21.3 Å². The van der Waals surface area contributed by atoms with Gasteiger partial charge in [-0.2, -0.15) is 0 Å². The number of anilines is 1. The van der Waals surface area contributed by atoms with Gasteiger partial charge in [-0.3, -0.25) is 0 Å². The van der Waals surface area contributed by atoms with E-state index < -0.39 is 0 Å². The lowest BCUT2D eigenvalue weighted by atomic mass is 10.0. The molecule has 0 aliphatic carbocycles. The van der Waals surface area contributed by atoms with Crippen molar-refractivity contribution >= 4 is 5.69 Å². The maximum atomic E-state index is 5.35. The zero-order chi connectivity index (χ0) is 14.4. The number of hydrogen-bond acceptors (Lipinski definition) is 4. The van der Waals surface area contributed by atoms with Crippen molar-refractivity contribution in [1.82, 2.24) is 0 Å². The van der Waals surface area contributed by atoms with Gasteiger partial charge < -0.3 is 19.5 Å². The summed E-state index contributed by atoms with van der Waals surface area (Å²) in [5.74, 6) is 2.52. The molecule has 1 rings (SSSR count). The minimum absolute atomic E-state index is 0.419. The monoisotopic (exact) mass is 267 g/mol. The Balaban J connectivity index is 3.08. The van der Waals surface area contributed by atoms with Crippen molar-refractivity contribution in [1.29, 1.82) is 0 Å². The van der Waals surface area contributed by atoms with Crippen molar-refractivity contribution in [2.24, 2.45) is 5.92 Å². The minimum atomic E-state index is 0.419. The lowest BCUT2D eigenvalue weighted by Crippen LogP contribution is -2.24. The van der Waals surface area contributed by atoms with Crippen LogP contribution in [0.3, 0.4) is 0 Å². The number of methoxy groups -OCH3 is 3. The molecule has 1 N–H and O–H groups in total. The number of hydrogen-bond donors (Lipinski definition) is 1. The van der Waals surface area contributed by atoms with Crippen LogP contribution in [0.5, 0.6) is 17.2 Å². The third-order valence-corrected chi connectivity index (χ3v) is 3.26. The molecule has 1 atom stereocenters. The van der Waals surface area contributed by atoms with Crippen LogP contribution >= 0.6 is 0 Å². The van der Waals surface area contributed by atoms with Gasteiger partial charge in [0.15, 0.2) is 11.5 Å². The fraction of sp³-hybridized carbons (Fsp3) is 0.600. The second kappa shape index (κ2) is 7.12. The highest BCUT2D eigenvalue weighted by molar-refractivity contribution is 5.62. The molecule has 1 aromatic rings. The summed E-state index contributed by atoms with van der Waals surface area (Å²) in [6, 6.07) is 4.29. The Morgan fingerprint density at radius 2 is 1.53 bits per heavy atom. The Morgan fingerprint density at radius 3 is 1.84 bits per heavy atom. The number of benzene rings is 1. The molecule has 108 valence electrons. The number of ether oxygens (including phenoxy) is 3. The lowest BCUT2D eigenvalue weighted by Gasteiger charge is -2.23. The molecule has 4 heteroatoms. The van der Waals surface area contributed by atoms with E-state index in [9.17, 15) is 0 Å². The fourth-order valence-corrected chi connectivity index (χ4v) is 2.12. The van der Waals surface area contributed by atoms with Crippen LogP contribution in [-0.2, 0) is 0 Å². The molecule has 0 aliphatic rings. The third kappa shape index (κ3) is 3.69. The number of nitrogens with one attached hydrogen (secondary N) is 1. The van der Waals surface area contributed by atoms with Crippen molar-refractivity contribution < 1.29 is 14.2 Å². The van der Waals surface area contributed by atoms with Gasteiger partial charge in [-0.15, -0.1) is 0 Å². The second-order valence-corrected chi connectivity index (χ2v) is 4.82. The SMILES string of the molecule is CCC(Nc1cc(OC)c(OC)c(OC)c1)C(C)C. The van der Waals surface area contributed by atoms with Gasteiger partial charge in [0, 0.05) is 23.9 Å². The normalized spacial score (nSPS) is 12.2. The van der Waals surface area contributed by atoms with Crippen LogP contribution in [-0.4, -0.2) is 27.4 Å². The highest BCUT2D eigenvalue weighted by atomic mass is 16.5. The van der Waals surface area contributed by atoms with E-state index >= 15 is 0 Å². The molecule has 0 spiro atoms. The van der Waals surface area contributed by atoms with Gasteiger partial charge in [-0.1, -0.05) is 20.8 Å². The van der Waals surface area contributed by atoms with Crippen molar-refractivity contribution in [2.75, 3.05) is 26.6 Å². The molecule has 1 unspecified atom stereocenters. The van der Waals surface area contributed by atoms with Crippen LogP contribution in [0.15, 0.2) is 12.1 Å². The minimum Gasteiger partial charge on any atom is -0.493 e.